The lowest BCUT2D eigenvalue weighted by Crippen LogP contribution is -2.25. The number of amides is 1. The number of hydrogen-bond acceptors (Lipinski definition) is 11. The fourth-order valence-corrected chi connectivity index (χ4v) is 4.13. The van der Waals surface area contributed by atoms with Gasteiger partial charge < -0.3 is 25.2 Å². The fraction of sp³-hybridized carbons (Fsp3) is 0.312. The number of carbonyl (C=O) groups excluding carboxylic acids is 3. The number of hydroxylamine groups is 1. The Labute approximate surface area is 260 Å². The van der Waals surface area contributed by atoms with Crippen molar-refractivity contribution in [1.82, 2.24) is 5.48 Å². The molecule has 0 atom stereocenters. The summed E-state index contributed by atoms with van der Waals surface area (Å²) in [5.74, 6) is -3.16. The van der Waals surface area contributed by atoms with Gasteiger partial charge in [0.25, 0.3) is 5.91 Å². The number of benzene rings is 3. The predicted octanol–water partition coefficient (Wildman–Crippen LogP) is 4.73. The summed E-state index contributed by atoms with van der Waals surface area (Å²) in [6, 6.07) is 14.1. The first-order valence-corrected chi connectivity index (χ1v) is 13.9. The largest absolute Gasteiger partial charge is 0.478 e. The van der Waals surface area contributed by atoms with Crippen LogP contribution in [0.1, 0.15) is 63.0 Å². The van der Waals surface area contributed by atoms with E-state index in [0.717, 1.165) is 0 Å². The van der Waals surface area contributed by atoms with Crippen LogP contribution in [0, 0.1) is 5.41 Å². The number of ether oxygens (including phenoxy) is 2. The van der Waals surface area contributed by atoms with Gasteiger partial charge in [0, 0.05) is 25.5 Å². The Morgan fingerprint density at radius 1 is 0.778 bits per heavy atom. The van der Waals surface area contributed by atoms with Crippen LogP contribution in [0.5, 0.6) is 0 Å². The predicted molar refractivity (Wildman–Crippen MR) is 165 cm³/mol. The Morgan fingerprint density at radius 2 is 1.44 bits per heavy atom. The number of anilines is 2. The summed E-state index contributed by atoms with van der Waals surface area (Å²) in [4.78, 5) is 59.7. The Kier molecular flexibility index (Phi) is 12.1. The molecule has 0 spiro atoms. The highest BCUT2D eigenvalue weighted by Crippen LogP contribution is 2.28. The third-order valence-corrected chi connectivity index (χ3v) is 6.50. The van der Waals surface area contributed by atoms with Crippen LogP contribution < -0.4 is 16.1 Å². The molecular formula is C32H37N3O10. The van der Waals surface area contributed by atoms with Gasteiger partial charge >= 0.3 is 17.9 Å². The molecule has 0 fully saturated rings. The Bertz CT molecular complexity index is 1550. The standard InChI is InChI=1S/C32H37N3O10/c1-32(2,3)31(40)43-11-10-42-30(39)22-13-24(33-4)16-25(14-22)35-28(36)27-15-20(8-9-26(27)29(37)38)19-6-7-21(18-45-41)23(12-19)17-44-34-5/h6-9,12-16,33-34,41H,10-11,17-18H2,1-5H3,(H,35,36)(H,37,38). The Morgan fingerprint density at radius 3 is 2.09 bits per heavy atom. The SMILES string of the molecule is CNOCc1cc(-c2ccc(C(=O)O)c(C(=O)Nc3cc(NC)cc(C(=O)OCCOC(=O)C(C)(C)C)c3)c2)ccc1COO. The van der Waals surface area contributed by atoms with Crippen molar-refractivity contribution in [3.05, 3.63) is 82.4 Å². The van der Waals surface area contributed by atoms with Crippen LogP contribution in [0.15, 0.2) is 54.6 Å². The van der Waals surface area contributed by atoms with E-state index in [1.165, 1.54) is 24.3 Å². The zero-order chi connectivity index (χ0) is 33.1. The van der Waals surface area contributed by atoms with Crippen molar-refractivity contribution in [2.24, 2.45) is 5.41 Å². The summed E-state index contributed by atoms with van der Waals surface area (Å²) in [7, 11) is 3.23. The summed E-state index contributed by atoms with van der Waals surface area (Å²) in [6.07, 6.45) is 0. The number of carbonyl (C=O) groups is 4. The zero-order valence-corrected chi connectivity index (χ0v) is 25.7. The molecule has 1 amide bonds. The van der Waals surface area contributed by atoms with Crippen LogP contribution >= 0.6 is 0 Å². The summed E-state index contributed by atoms with van der Waals surface area (Å²) in [5.41, 5.74) is 4.91. The maximum Gasteiger partial charge on any atom is 0.338 e. The van der Waals surface area contributed by atoms with E-state index in [0.29, 0.717) is 27.9 Å². The van der Waals surface area contributed by atoms with Crippen molar-refractivity contribution in [2.75, 3.05) is 37.9 Å². The highest BCUT2D eigenvalue weighted by atomic mass is 17.1. The van der Waals surface area contributed by atoms with Crippen LogP contribution in [0.25, 0.3) is 11.1 Å². The van der Waals surface area contributed by atoms with Gasteiger partial charge in [-0.2, -0.15) is 0 Å². The quantitative estimate of drug-likeness (QED) is 0.0722. The Hall–Kier alpha value is -4.82. The second kappa shape index (κ2) is 15.8. The number of carboxylic acid groups (broad SMARTS) is 1. The third kappa shape index (κ3) is 9.58. The van der Waals surface area contributed by atoms with Crippen molar-refractivity contribution in [1.29, 1.82) is 0 Å². The van der Waals surface area contributed by atoms with E-state index in [-0.39, 0.29) is 48.8 Å². The van der Waals surface area contributed by atoms with Gasteiger partial charge in [0.1, 0.15) is 19.8 Å². The van der Waals surface area contributed by atoms with Crippen LogP contribution in [0.3, 0.4) is 0 Å². The average molecular weight is 624 g/mol. The molecule has 0 heterocycles. The van der Waals surface area contributed by atoms with Gasteiger partial charge in [0.2, 0.25) is 0 Å². The second-order valence-corrected chi connectivity index (χ2v) is 10.8. The lowest BCUT2D eigenvalue weighted by molar-refractivity contribution is -0.253. The van der Waals surface area contributed by atoms with E-state index < -0.39 is 29.2 Å². The zero-order valence-electron chi connectivity index (χ0n) is 25.7. The van der Waals surface area contributed by atoms with Gasteiger partial charge in [0.05, 0.1) is 28.7 Å². The van der Waals surface area contributed by atoms with E-state index in [1.807, 2.05) is 0 Å². The molecule has 0 saturated heterocycles. The number of nitrogens with one attached hydrogen (secondary N) is 3. The topological polar surface area (TPSA) is 182 Å². The summed E-state index contributed by atoms with van der Waals surface area (Å²) >= 11 is 0. The molecular weight excluding hydrogens is 586 g/mol. The van der Waals surface area contributed by atoms with Gasteiger partial charge in [0.15, 0.2) is 0 Å². The number of esters is 2. The monoisotopic (exact) mass is 623 g/mol. The lowest BCUT2D eigenvalue weighted by Gasteiger charge is -2.16. The molecule has 0 saturated carbocycles. The fourth-order valence-electron chi connectivity index (χ4n) is 4.13. The van der Waals surface area contributed by atoms with Gasteiger partial charge in [-0.1, -0.05) is 18.2 Å². The molecule has 13 nitrogen and oxygen atoms in total. The molecule has 0 bridgehead atoms. The molecule has 5 N–H and O–H groups in total. The average Bonchev–Trinajstić information content (AvgIpc) is 3.01. The first-order valence-electron chi connectivity index (χ1n) is 13.9. The van der Waals surface area contributed by atoms with E-state index >= 15 is 0 Å². The molecule has 240 valence electrons. The van der Waals surface area contributed by atoms with Crippen molar-refractivity contribution >= 4 is 35.2 Å². The summed E-state index contributed by atoms with van der Waals surface area (Å²) < 4.78 is 10.4. The van der Waals surface area contributed by atoms with Crippen molar-refractivity contribution in [3.63, 3.8) is 0 Å². The van der Waals surface area contributed by atoms with Crippen LogP contribution in [0.2, 0.25) is 0 Å². The number of aromatic carboxylic acids is 1. The number of carboxylic acids is 1. The molecule has 0 aliphatic rings. The van der Waals surface area contributed by atoms with Crippen LogP contribution in [-0.2, 0) is 37.2 Å². The molecule has 45 heavy (non-hydrogen) atoms. The second-order valence-electron chi connectivity index (χ2n) is 10.8. The van der Waals surface area contributed by atoms with E-state index in [9.17, 15) is 24.3 Å². The lowest BCUT2D eigenvalue weighted by atomic mass is 9.95. The smallest absolute Gasteiger partial charge is 0.338 e. The molecule has 13 heteroatoms. The maximum absolute atomic E-state index is 13.5. The number of hydrogen-bond donors (Lipinski definition) is 5. The molecule has 3 aromatic rings. The molecule has 0 aromatic heterocycles. The van der Waals surface area contributed by atoms with E-state index in [4.69, 9.17) is 19.6 Å². The minimum absolute atomic E-state index is 0.0693. The first-order chi connectivity index (χ1) is 21.4. The minimum Gasteiger partial charge on any atom is -0.478 e. The Balaban J connectivity index is 1.86. The van der Waals surface area contributed by atoms with Crippen molar-refractivity contribution in [2.45, 2.75) is 34.0 Å². The molecule has 0 aliphatic heterocycles. The maximum atomic E-state index is 13.5. The third-order valence-electron chi connectivity index (χ3n) is 6.50. The minimum atomic E-state index is -1.30. The van der Waals surface area contributed by atoms with Crippen molar-refractivity contribution in [3.8, 4) is 11.1 Å². The molecule has 0 aliphatic carbocycles. The van der Waals surface area contributed by atoms with Crippen LogP contribution in [0.4, 0.5) is 11.4 Å². The van der Waals surface area contributed by atoms with Crippen molar-refractivity contribution < 1.29 is 48.7 Å². The first kappa shape index (κ1) is 34.7. The normalized spacial score (nSPS) is 11.1. The number of rotatable bonds is 14. The highest BCUT2D eigenvalue weighted by Gasteiger charge is 2.23. The van der Waals surface area contributed by atoms with Gasteiger partial charge in [-0.15, -0.1) is 0 Å². The molecule has 3 rings (SSSR count). The van der Waals surface area contributed by atoms with E-state index in [2.05, 4.69) is 21.0 Å². The van der Waals surface area contributed by atoms with Gasteiger partial charge in [-0.05, 0) is 79.4 Å². The highest BCUT2D eigenvalue weighted by molar-refractivity contribution is 6.12. The summed E-state index contributed by atoms with van der Waals surface area (Å²) in [6.45, 7) is 4.92. The van der Waals surface area contributed by atoms with Gasteiger partial charge in [-0.25, -0.2) is 20.0 Å². The molecule has 3 aromatic carbocycles. The molecule has 0 unspecified atom stereocenters. The van der Waals surface area contributed by atoms with E-state index in [1.54, 1.807) is 65.2 Å². The summed E-state index contributed by atoms with van der Waals surface area (Å²) in [5, 5.41) is 24.3. The molecule has 0 radical (unpaired) electrons. The van der Waals surface area contributed by atoms with Crippen LogP contribution in [-0.4, -0.2) is 61.5 Å². The van der Waals surface area contributed by atoms with Gasteiger partial charge in [-0.3, -0.25) is 19.7 Å².